The standard InChI is InChI=1S/C19H27NO6S/c1-6-26-15-11-19(17(22)23,18(15,4)5)20-16(21)13-7-9-14(10-8-13)27(24,25)12(2)3/h7-10,12,15H,6,11H2,1-5H3,(H,20,21)(H,22,23). The van der Waals surface area contributed by atoms with Crippen molar-refractivity contribution in [2.24, 2.45) is 5.41 Å². The maximum absolute atomic E-state index is 12.6. The number of benzene rings is 1. The van der Waals surface area contributed by atoms with Gasteiger partial charge in [0.25, 0.3) is 5.91 Å². The molecule has 0 aliphatic heterocycles. The molecule has 7 nitrogen and oxygen atoms in total. The number of carboxylic acid groups (broad SMARTS) is 1. The highest BCUT2D eigenvalue weighted by molar-refractivity contribution is 7.92. The predicted octanol–water partition coefficient (Wildman–Crippen LogP) is 2.26. The van der Waals surface area contributed by atoms with Crippen molar-refractivity contribution in [3.05, 3.63) is 29.8 Å². The summed E-state index contributed by atoms with van der Waals surface area (Å²) in [6, 6.07) is 5.52. The molecule has 1 fully saturated rings. The minimum Gasteiger partial charge on any atom is -0.479 e. The summed E-state index contributed by atoms with van der Waals surface area (Å²) in [4.78, 5) is 24.7. The Morgan fingerprint density at radius 1 is 1.26 bits per heavy atom. The van der Waals surface area contributed by atoms with Crippen molar-refractivity contribution in [3.8, 4) is 0 Å². The number of aliphatic carboxylic acids is 1. The van der Waals surface area contributed by atoms with E-state index in [0.29, 0.717) is 6.61 Å². The number of hydrogen-bond acceptors (Lipinski definition) is 5. The topological polar surface area (TPSA) is 110 Å². The monoisotopic (exact) mass is 397 g/mol. The Morgan fingerprint density at radius 3 is 2.22 bits per heavy atom. The Balaban J connectivity index is 2.24. The van der Waals surface area contributed by atoms with Gasteiger partial charge in [-0.25, -0.2) is 13.2 Å². The number of hydrogen-bond donors (Lipinski definition) is 2. The first-order valence-electron chi connectivity index (χ1n) is 8.91. The minimum absolute atomic E-state index is 0.127. The number of sulfone groups is 1. The number of carbonyl (C=O) groups is 2. The second-order valence-electron chi connectivity index (χ2n) is 7.65. The highest BCUT2D eigenvalue weighted by atomic mass is 32.2. The summed E-state index contributed by atoms with van der Waals surface area (Å²) >= 11 is 0. The molecule has 2 unspecified atom stereocenters. The average Bonchev–Trinajstić information content (AvgIpc) is 2.60. The van der Waals surface area contributed by atoms with Crippen LogP contribution in [-0.4, -0.2) is 48.9 Å². The summed E-state index contributed by atoms with van der Waals surface area (Å²) in [6.45, 7) is 8.97. The van der Waals surface area contributed by atoms with Gasteiger partial charge in [-0.1, -0.05) is 13.8 Å². The Morgan fingerprint density at radius 2 is 1.81 bits per heavy atom. The van der Waals surface area contributed by atoms with Crippen LogP contribution in [0.3, 0.4) is 0 Å². The molecule has 8 heteroatoms. The van der Waals surface area contributed by atoms with Crippen molar-refractivity contribution in [2.45, 2.75) is 62.8 Å². The third-order valence-electron chi connectivity index (χ3n) is 5.52. The van der Waals surface area contributed by atoms with E-state index < -0.39 is 37.9 Å². The molecule has 0 spiro atoms. The van der Waals surface area contributed by atoms with E-state index in [0.717, 1.165) is 0 Å². The fraction of sp³-hybridized carbons (Fsp3) is 0.579. The van der Waals surface area contributed by atoms with E-state index in [-0.39, 0.29) is 23.0 Å². The highest BCUT2D eigenvalue weighted by Gasteiger charge is 2.66. The third-order valence-corrected chi connectivity index (χ3v) is 7.69. The number of amides is 1. The molecular formula is C19H27NO6S. The number of carboxylic acids is 1. The normalized spacial score (nSPS) is 24.3. The van der Waals surface area contributed by atoms with Gasteiger partial charge in [0.2, 0.25) is 0 Å². The SMILES string of the molecule is CCOC1CC(NC(=O)c2ccc(S(=O)(=O)C(C)C)cc2)(C(=O)O)C1(C)C. The van der Waals surface area contributed by atoms with Gasteiger partial charge >= 0.3 is 5.97 Å². The number of rotatable bonds is 7. The van der Waals surface area contributed by atoms with Crippen LogP contribution in [0.15, 0.2) is 29.2 Å². The van der Waals surface area contributed by atoms with Crippen LogP contribution in [-0.2, 0) is 19.4 Å². The van der Waals surface area contributed by atoms with E-state index in [9.17, 15) is 23.1 Å². The zero-order chi connectivity index (χ0) is 20.6. The van der Waals surface area contributed by atoms with Gasteiger partial charge in [-0.05, 0) is 45.0 Å². The quantitative estimate of drug-likeness (QED) is 0.730. The molecule has 1 aromatic rings. The van der Waals surface area contributed by atoms with E-state index in [1.807, 2.05) is 6.92 Å². The Labute approximate surface area is 160 Å². The molecule has 2 atom stereocenters. The molecule has 0 bridgehead atoms. The fourth-order valence-electron chi connectivity index (χ4n) is 3.37. The zero-order valence-electron chi connectivity index (χ0n) is 16.3. The largest absolute Gasteiger partial charge is 0.479 e. The van der Waals surface area contributed by atoms with Gasteiger partial charge in [0.05, 0.1) is 16.2 Å². The molecule has 2 rings (SSSR count). The predicted molar refractivity (Wildman–Crippen MR) is 100 cm³/mol. The van der Waals surface area contributed by atoms with E-state index in [4.69, 9.17) is 4.74 Å². The van der Waals surface area contributed by atoms with Crippen LogP contribution in [0, 0.1) is 5.41 Å². The molecule has 1 saturated carbocycles. The second-order valence-corrected chi connectivity index (χ2v) is 10.2. The molecule has 1 aliphatic rings. The van der Waals surface area contributed by atoms with Crippen molar-refractivity contribution >= 4 is 21.7 Å². The molecule has 1 aliphatic carbocycles. The molecule has 1 aromatic carbocycles. The van der Waals surface area contributed by atoms with Crippen molar-refractivity contribution in [2.75, 3.05) is 6.61 Å². The van der Waals surface area contributed by atoms with Gasteiger partial charge in [-0.3, -0.25) is 4.79 Å². The van der Waals surface area contributed by atoms with Gasteiger partial charge < -0.3 is 15.2 Å². The lowest BCUT2D eigenvalue weighted by atomic mass is 9.54. The summed E-state index contributed by atoms with van der Waals surface area (Å²) in [5.74, 6) is -1.68. The van der Waals surface area contributed by atoms with Crippen molar-refractivity contribution in [3.63, 3.8) is 0 Å². The Hall–Kier alpha value is -1.93. The van der Waals surface area contributed by atoms with Crippen molar-refractivity contribution < 1.29 is 27.9 Å². The highest BCUT2D eigenvalue weighted by Crippen LogP contribution is 2.51. The van der Waals surface area contributed by atoms with E-state index in [1.165, 1.54) is 24.3 Å². The lowest BCUT2D eigenvalue weighted by Crippen LogP contribution is -2.76. The first-order chi connectivity index (χ1) is 12.4. The van der Waals surface area contributed by atoms with Crippen LogP contribution in [0.25, 0.3) is 0 Å². The fourth-order valence-corrected chi connectivity index (χ4v) is 4.43. The summed E-state index contributed by atoms with van der Waals surface area (Å²) in [6.07, 6.45) is -0.0909. The summed E-state index contributed by atoms with van der Waals surface area (Å²) in [5.41, 5.74) is -2.02. The van der Waals surface area contributed by atoms with Gasteiger partial charge in [0.15, 0.2) is 9.84 Å². The molecule has 0 saturated heterocycles. The van der Waals surface area contributed by atoms with Crippen LogP contribution < -0.4 is 5.32 Å². The zero-order valence-corrected chi connectivity index (χ0v) is 17.1. The third kappa shape index (κ3) is 3.48. The number of nitrogens with one attached hydrogen (secondary N) is 1. The number of carbonyl (C=O) groups excluding carboxylic acids is 1. The molecule has 0 radical (unpaired) electrons. The van der Waals surface area contributed by atoms with Crippen LogP contribution in [0.2, 0.25) is 0 Å². The molecule has 150 valence electrons. The minimum atomic E-state index is -3.44. The lowest BCUT2D eigenvalue weighted by Gasteiger charge is -2.58. The lowest BCUT2D eigenvalue weighted by molar-refractivity contribution is -0.190. The molecule has 2 N–H and O–H groups in total. The van der Waals surface area contributed by atoms with E-state index in [1.54, 1.807) is 27.7 Å². The van der Waals surface area contributed by atoms with Crippen LogP contribution in [0.4, 0.5) is 0 Å². The van der Waals surface area contributed by atoms with E-state index in [2.05, 4.69) is 5.32 Å². The molecule has 0 aromatic heterocycles. The average molecular weight is 397 g/mol. The van der Waals surface area contributed by atoms with Crippen molar-refractivity contribution in [1.82, 2.24) is 5.32 Å². The maximum Gasteiger partial charge on any atom is 0.330 e. The summed E-state index contributed by atoms with van der Waals surface area (Å²) in [7, 11) is -3.44. The van der Waals surface area contributed by atoms with Crippen LogP contribution in [0.5, 0.6) is 0 Å². The van der Waals surface area contributed by atoms with Crippen LogP contribution in [0.1, 0.15) is 51.4 Å². The van der Waals surface area contributed by atoms with Crippen molar-refractivity contribution in [1.29, 1.82) is 0 Å². The van der Waals surface area contributed by atoms with Gasteiger partial charge in [-0.15, -0.1) is 0 Å². The maximum atomic E-state index is 12.6. The first-order valence-corrected chi connectivity index (χ1v) is 10.5. The molecule has 1 amide bonds. The van der Waals surface area contributed by atoms with Crippen LogP contribution >= 0.6 is 0 Å². The summed E-state index contributed by atoms with van der Waals surface area (Å²) < 4.78 is 29.9. The Kier molecular flexibility index (Phi) is 5.73. The summed E-state index contributed by atoms with van der Waals surface area (Å²) in [5, 5.41) is 11.8. The molecule has 27 heavy (non-hydrogen) atoms. The first kappa shape index (κ1) is 21.4. The second kappa shape index (κ2) is 7.24. The number of ether oxygens (including phenoxy) is 1. The van der Waals surface area contributed by atoms with Gasteiger partial charge in [0.1, 0.15) is 5.54 Å². The molecule has 0 heterocycles. The van der Waals surface area contributed by atoms with Gasteiger partial charge in [-0.2, -0.15) is 0 Å². The van der Waals surface area contributed by atoms with Gasteiger partial charge in [0, 0.05) is 24.0 Å². The smallest absolute Gasteiger partial charge is 0.330 e. The molecular weight excluding hydrogens is 370 g/mol. The van der Waals surface area contributed by atoms with E-state index >= 15 is 0 Å². The Bertz CT molecular complexity index is 828.